The normalized spacial score (nSPS) is 23.1. The van der Waals surface area contributed by atoms with Crippen LogP contribution in [-0.2, 0) is 11.2 Å². The van der Waals surface area contributed by atoms with E-state index in [1.165, 1.54) is 12.8 Å². The Morgan fingerprint density at radius 2 is 1.75 bits per heavy atom. The summed E-state index contributed by atoms with van der Waals surface area (Å²) >= 11 is 0. The van der Waals surface area contributed by atoms with Gasteiger partial charge in [-0.25, -0.2) is 9.97 Å². The molecule has 0 atom stereocenters. The van der Waals surface area contributed by atoms with Crippen molar-refractivity contribution in [3.8, 4) is 0 Å². The van der Waals surface area contributed by atoms with Gasteiger partial charge in [-0.3, -0.25) is 4.79 Å². The lowest BCUT2D eigenvalue weighted by Gasteiger charge is -2.29. The van der Waals surface area contributed by atoms with Crippen LogP contribution < -0.4 is 10.6 Å². The molecule has 1 heterocycles. The smallest absolute Gasteiger partial charge is 0.306 e. The van der Waals surface area contributed by atoms with Gasteiger partial charge in [-0.15, -0.1) is 0 Å². The van der Waals surface area contributed by atoms with Crippen LogP contribution in [0.1, 0.15) is 51.0 Å². The van der Waals surface area contributed by atoms with Crippen LogP contribution in [0.3, 0.4) is 0 Å². The van der Waals surface area contributed by atoms with E-state index in [9.17, 15) is 4.79 Å². The molecule has 6 nitrogen and oxygen atoms in total. The zero-order chi connectivity index (χ0) is 17.5. The first kappa shape index (κ1) is 18.6. The van der Waals surface area contributed by atoms with E-state index in [0.717, 1.165) is 50.2 Å². The van der Waals surface area contributed by atoms with Gasteiger partial charge in [-0.2, -0.15) is 0 Å². The Kier molecular flexibility index (Phi) is 6.97. The number of aliphatic carboxylic acids is 1. The number of aromatic nitrogens is 2. The zero-order valence-corrected chi connectivity index (χ0v) is 14.8. The summed E-state index contributed by atoms with van der Waals surface area (Å²) in [6, 6.07) is 0.583. The average Bonchev–Trinajstić information content (AvgIpc) is 3.38. The van der Waals surface area contributed by atoms with Crippen molar-refractivity contribution < 1.29 is 9.90 Å². The molecule has 134 valence electrons. The summed E-state index contributed by atoms with van der Waals surface area (Å²) in [6.45, 7) is 2.99. The number of hydrogen-bond donors (Lipinski definition) is 2. The highest BCUT2D eigenvalue weighted by Crippen LogP contribution is 2.29. The summed E-state index contributed by atoms with van der Waals surface area (Å²) in [7, 11) is 2.00. The third kappa shape index (κ3) is 6.07. The van der Waals surface area contributed by atoms with Crippen molar-refractivity contribution in [1.82, 2.24) is 9.97 Å². The van der Waals surface area contributed by atoms with Crippen LogP contribution in [-0.4, -0.2) is 40.7 Å². The van der Waals surface area contributed by atoms with Gasteiger partial charge in [-0.05, 0) is 56.4 Å². The quantitative estimate of drug-likeness (QED) is 0.859. The third-order valence-electron chi connectivity index (χ3n) is 4.79. The first-order valence-electron chi connectivity index (χ1n) is 9.00. The van der Waals surface area contributed by atoms with E-state index in [0.29, 0.717) is 12.0 Å². The number of carboxylic acids is 1. The minimum atomic E-state index is -0.643. The molecule has 1 aromatic rings. The van der Waals surface area contributed by atoms with Crippen molar-refractivity contribution in [2.75, 3.05) is 18.5 Å². The number of anilines is 1. The lowest BCUT2D eigenvalue weighted by atomic mass is 9.82. The Morgan fingerprint density at radius 3 is 2.17 bits per heavy atom. The van der Waals surface area contributed by atoms with E-state index in [2.05, 4.69) is 21.8 Å². The number of hydrogen-bond acceptors (Lipinski definition) is 5. The van der Waals surface area contributed by atoms with Crippen LogP contribution in [0.4, 0.5) is 5.95 Å². The molecule has 0 amide bonds. The highest BCUT2D eigenvalue weighted by Gasteiger charge is 2.26. The second kappa shape index (κ2) is 8.97. The third-order valence-corrected chi connectivity index (χ3v) is 4.79. The Labute approximate surface area is 144 Å². The number of nitrogens with zero attached hydrogens (tertiary/aromatic N) is 3. The number of carboxylic acid groups (broad SMARTS) is 1. The van der Waals surface area contributed by atoms with Crippen LogP contribution >= 0.6 is 0 Å². The van der Waals surface area contributed by atoms with Gasteiger partial charge in [-0.1, -0.05) is 6.92 Å². The van der Waals surface area contributed by atoms with Crippen LogP contribution in [0.5, 0.6) is 0 Å². The Hall–Kier alpha value is -1.69. The van der Waals surface area contributed by atoms with E-state index in [1.807, 2.05) is 19.4 Å². The summed E-state index contributed by atoms with van der Waals surface area (Å²) in [6.07, 6.45) is 10.8. The number of rotatable bonds is 5. The highest BCUT2D eigenvalue weighted by atomic mass is 16.4. The highest BCUT2D eigenvalue weighted by molar-refractivity contribution is 5.70. The molecule has 2 aliphatic carbocycles. The zero-order valence-electron chi connectivity index (χ0n) is 14.8. The molecule has 3 N–H and O–H groups in total. The van der Waals surface area contributed by atoms with E-state index in [4.69, 9.17) is 10.8 Å². The molecule has 0 unspecified atom stereocenters. The van der Waals surface area contributed by atoms with Gasteiger partial charge in [0.05, 0.1) is 5.92 Å². The van der Waals surface area contributed by atoms with Crippen LogP contribution in [0, 0.1) is 11.8 Å². The molecule has 0 aliphatic heterocycles. The molecule has 0 saturated heterocycles. The number of carbonyl (C=O) groups is 1. The summed E-state index contributed by atoms with van der Waals surface area (Å²) < 4.78 is 0. The predicted molar refractivity (Wildman–Crippen MR) is 95.0 cm³/mol. The summed E-state index contributed by atoms with van der Waals surface area (Å²) in [5.41, 5.74) is 6.36. The van der Waals surface area contributed by atoms with Gasteiger partial charge in [0.1, 0.15) is 0 Å². The van der Waals surface area contributed by atoms with Gasteiger partial charge in [0.25, 0.3) is 0 Å². The van der Waals surface area contributed by atoms with Crippen molar-refractivity contribution >= 4 is 11.9 Å². The monoisotopic (exact) mass is 334 g/mol. The Balaban J connectivity index is 0.000000454. The lowest BCUT2D eigenvalue weighted by Crippen LogP contribution is -2.31. The second-order valence-electron chi connectivity index (χ2n) is 7.02. The van der Waals surface area contributed by atoms with E-state index in [1.54, 1.807) is 0 Å². The van der Waals surface area contributed by atoms with Crippen molar-refractivity contribution in [2.45, 2.75) is 57.9 Å². The molecule has 3 rings (SSSR count). The molecule has 0 spiro atoms. The summed E-state index contributed by atoms with van der Waals surface area (Å²) in [4.78, 5) is 21.8. The van der Waals surface area contributed by atoms with Crippen LogP contribution in [0.2, 0.25) is 0 Å². The van der Waals surface area contributed by atoms with Gasteiger partial charge in [0.15, 0.2) is 0 Å². The summed E-state index contributed by atoms with van der Waals surface area (Å²) in [5.74, 6) is 0.513. The van der Waals surface area contributed by atoms with Gasteiger partial charge in [0, 0.05) is 32.0 Å². The predicted octanol–water partition coefficient (Wildman–Crippen LogP) is 2.47. The van der Waals surface area contributed by atoms with Crippen molar-refractivity contribution in [2.24, 2.45) is 17.6 Å². The fourth-order valence-electron chi connectivity index (χ4n) is 2.88. The SMILES string of the molecule is CCc1cnc(N(C)C[C@H]2CC[C@H](C(=O)O)CC2)nc1.NC1CC1. The molecule has 24 heavy (non-hydrogen) atoms. The topological polar surface area (TPSA) is 92.3 Å². The molecule has 6 heteroatoms. The van der Waals surface area contributed by atoms with E-state index in [-0.39, 0.29) is 5.92 Å². The minimum absolute atomic E-state index is 0.142. The number of nitrogens with two attached hydrogens (primary N) is 1. The van der Waals surface area contributed by atoms with E-state index < -0.39 is 5.97 Å². The molecule has 0 bridgehead atoms. The van der Waals surface area contributed by atoms with Gasteiger partial charge < -0.3 is 15.7 Å². The molecule has 0 radical (unpaired) electrons. The molecule has 1 aromatic heterocycles. The minimum Gasteiger partial charge on any atom is -0.481 e. The van der Waals surface area contributed by atoms with Crippen molar-refractivity contribution in [3.05, 3.63) is 18.0 Å². The van der Waals surface area contributed by atoms with Crippen molar-refractivity contribution in [1.29, 1.82) is 0 Å². The molecular weight excluding hydrogens is 304 g/mol. The maximum Gasteiger partial charge on any atom is 0.306 e. The largest absolute Gasteiger partial charge is 0.481 e. The molecule has 2 aliphatic rings. The molecule has 2 fully saturated rings. The fraction of sp³-hybridized carbons (Fsp3) is 0.722. The van der Waals surface area contributed by atoms with Crippen LogP contribution in [0.15, 0.2) is 12.4 Å². The molecule has 0 aromatic carbocycles. The molecule has 2 saturated carbocycles. The Bertz CT molecular complexity index is 508. The first-order chi connectivity index (χ1) is 11.5. The van der Waals surface area contributed by atoms with Crippen molar-refractivity contribution in [3.63, 3.8) is 0 Å². The molecular formula is C18H30N4O2. The standard InChI is InChI=1S/C15H23N3O2.C3H7N/c1-3-11-8-16-15(17-9-11)18(2)10-12-4-6-13(7-5-12)14(19)20;4-3-1-2-3/h8-9,12-13H,3-7,10H2,1-2H3,(H,19,20);3H,1-2,4H2/t12-,13-;. The Morgan fingerprint density at radius 1 is 1.21 bits per heavy atom. The van der Waals surface area contributed by atoms with Crippen LogP contribution in [0.25, 0.3) is 0 Å². The van der Waals surface area contributed by atoms with Gasteiger partial charge in [0.2, 0.25) is 5.95 Å². The average molecular weight is 334 g/mol. The second-order valence-corrected chi connectivity index (χ2v) is 7.02. The maximum absolute atomic E-state index is 10.9. The maximum atomic E-state index is 10.9. The first-order valence-corrected chi connectivity index (χ1v) is 9.00. The summed E-state index contributed by atoms with van der Waals surface area (Å²) in [5, 5.41) is 9.00. The van der Waals surface area contributed by atoms with Gasteiger partial charge >= 0.3 is 5.97 Å². The number of aryl methyl sites for hydroxylation is 1. The fourth-order valence-corrected chi connectivity index (χ4v) is 2.88. The lowest BCUT2D eigenvalue weighted by molar-refractivity contribution is -0.143. The van der Waals surface area contributed by atoms with E-state index >= 15 is 0 Å².